The highest BCUT2D eigenvalue weighted by molar-refractivity contribution is 5.69. The first-order chi connectivity index (χ1) is 25.1. The zero-order valence-electron chi connectivity index (χ0n) is 33.6. The van der Waals surface area contributed by atoms with Crippen LogP contribution in [0.15, 0.2) is 24.3 Å². The molecule has 1 fully saturated rings. The number of esters is 2. The Hall–Kier alpha value is -1.74. The molecule has 6 atom stereocenters. The van der Waals surface area contributed by atoms with Gasteiger partial charge in [0.1, 0.15) is 19.3 Å². The van der Waals surface area contributed by atoms with Crippen molar-refractivity contribution >= 4 is 11.9 Å². The van der Waals surface area contributed by atoms with Crippen molar-refractivity contribution in [3.8, 4) is 0 Å². The van der Waals surface area contributed by atoms with Crippen LogP contribution in [0.1, 0.15) is 188 Å². The molecule has 304 valence electrons. The number of aliphatic hydroxyl groups excluding tert-OH is 4. The predicted molar refractivity (Wildman–Crippen MR) is 212 cm³/mol. The molecule has 4 N–H and O–H groups in total. The van der Waals surface area contributed by atoms with Crippen molar-refractivity contribution in [2.24, 2.45) is 17.8 Å². The maximum atomic E-state index is 12.1. The molecule has 1 rings (SSSR count). The summed E-state index contributed by atoms with van der Waals surface area (Å²) < 4.78 is 10.3. The van der Waals surface area contributed by atoms with Crippen LogP contribution >= 0.6 is 0 Å². The van der Waals surface area contributed by atoms with E-state index in [4.69, 9.17) is 9.47 Å². The Morgan fingerprint density at radius 3 is 1.69 bits per heavy atom. The lowest BCUT2D eigenvalue weighted by atomic mass is 9.89. The van der Waals surface area contributed by atoms with Crippen LogP contribution < -0.4 is 0 Å². The molecule has 1 aliphatic carbocycles. The molecule has 0 spiro atoms. The average Bonchev–Trinajstić information content (AvgIpc) is 3.38. The lowest BCUT2D eigenvalue weighted by molar-refractivity contribution is -0.152. The lowest BCUT2D eigenvalue weighted by Crippen LogP contribution is -2.25. The van der Waals surface area contributed by atoms with Gasteiger partial charge in [-0.15, -0.1) is 0 Å². The summed E-state index contributed by atoms with van der Waals surface area (Å²) >= 11 is 0. The van der Waals surface area contributed by atoms with Gasteiger partial charge in [0.05, 0.1) is 18.3 Å². The van der Waals surface area contributed by atoms with E-state index in [0.29, 0.717) is 38.5 Å². The second-order valence-electron chi connectivity index (χ2n) is 15.9. The minimum atomic E-state index is -1.04. The van der Waals surface area contributed by atoms with Crippen molar-refractivity contribution in [2.75, 3.05) is 13.2 Å². The Labute approximate surface area is 318 Å². The third-order valence-electron chi connectivity index (χ3n) is 10.4. The van der Waals surface area contributed by atoms with Crippen LogP contribution in [0.4, 0.5) is 0 Å². The maximum Gasteiger partial charge on any atom is 0.305 e. The quantitative estimate of drug-likeness (QED) is 0.0292. The Morgan fingerprint density at radius 1 is 0.654 bits per heavy atom. The Bertz CT molecular complexity index is 918. The molecule has 0 aromatic rings. The van der Waals surface area contributed by atoms with Gasteiger partial charge < -0.3 is 29.9 Å². The van der Waals surface area contributed by atoms with Gasteiger partial charge in [0.2, 0.25) is 0 Å². The van der Waals surface area contributed by atoms with E-state index < -0.39 is 30.4 Å². The van der Waals surface area contributed by atoms with Crippen LogP contribution in [0.3, 0.4) is 0 Å². The molecular weight excluding hydrogens is 656 g/mol. The molecule has 0 amide bonds. The second kappa shape index (κ2) is 32.7. The number of carbonyl (C=O) groups is 2. The smallest absolute Gasteiger partial charge is 0.305 e. The lowest BCUT2D eigenvalue weighted by Gasteiger charge is -2.19. The highest BCUT2D eigenvalue weighted by Crippen LogP contribution is 2.36. The molecule has 0 aliphatic heterocycles. The SMILES string of the molecule is CCCCC[C@H](O)/C=C/[C@@H]1[C@@H](C/C=C/CCCC(=O)OC[C@@H](O)COC(=O)CCCCCCCCCCCCCCCCCC(C)C)[C@@H](O)C[C@H]1O. The third-order valence-corrected chi connectivity index (χ3v) is 10.4. The monoisotopic (exact) mass is 737 g/mol. The van der Waals surface area contributed by atoms with Crippen molar-refractivity contribution < 1.29 is 39.5 Å². The molecule has 0 heterocycles. The van der Waals surface area contributed by atoms with E-state index >= 15 is 0 Å². The predicted octanol–water partition coefficient (Wildman–Crippen LogP) is 9.69. The number of hydrogen-bond acceptors (Lipinski definition) is 8. The number of unbranched alkanes of at least 4 members (excludes halogenated alkanes) is 17. The molecule has 0 bridgehead atoms. The van der Waals surface area contributed by atoms with E-state index in [1.54, 1.807) is 6.08 Å². The van der Waals surface area contributed by atoms with Gasteiger partial charge in [0.15, 0.2) is 0 Å². The number of ether oxygens (including phenoxy) is 2. The Balaban J connectivity index is 1.99. The van der Waals surface area contributed by atoms with Gasteiger partial charge in [-0.25, -0.2) is 0 Å². The normalized spacial score (nSPS) is 20.3. The molecule has 1 saturated carbocycles. The summed E-state index contributed by atoms with van der Waals surface area (Å²) in [5.74, 6) is -0.206. The van der Waals surface area contributed by atoms with Crippen LogP contribution in [-0.2, 0) is 19.1 Å². The zero-order chi connectivity index (χ0) is 38.2. The topological polar surface area (TPSA) is 134 Å². The minimum Gasteiger partial charge on any atom is -0.463 e. The standard InChI is InChI=1S/C44H80O8/c1-4-5-21-27-37(45)31-32-40-39(41(47)33-42(40)48)28-23-19-20-25-30-44(50)52-35-38(46)34-51-43(49)29-24-18-16-14-12-10-8-6-7-9-11-13-15-17-22-26-36(2)3/h19,23,31-32,36-42,45-48H,4-18,20-22,24-30,33-35H2,1-3H3/b23-19+,32-31+/t37-,38-,39+,40+,41-,42+/m0/s1. The molecule has 52 heavy (non-hydrogen) atoms. The van der Waals surface area contributed by atoms with E-state index in [1.807, 2.05) is 18.2 Å². The Morgan fingerprint density at radius 2 is 1.15 bits per heavy atom. The number of carbonyl (C=O) groups excluding carboxylic acids is 2. The maximum absolute atomic E-state index is 12.1. The van der Waals surface area contributed by atoms with E-state index in [9.17, 15) is 30.0 Å². The first-order valence-corrected chi connectivity index (χ1v) is 21.5. The molecule has 0 saturated heterocycles. The van der Waals surface area contributed by atoms with E-state index in [2.05, 4.69) is 20.8 Å². The van der Waals surface area contributed by atoms with E-state index in [-0.39, 0.29) is 37.4 Å². The zero-order valence-corrected chi connectivity index (χ0v) is 33.6. The van der Waals surface area contributed by atoms with Crippen LogP contribution in [0.25, 0.3) is 0 Å². The van der Waals surface area contributed by atoms with Gasteiger partial charge in [-0.1, -0.05) is 161 Å². The van der Waals surface area contributed by atoms with Crippen molar-refractivity contribution in [2.45, 2.75) is 212 Å². The van der Waals surface area contributed by atoms with Gasteiger partial charge >= 0.3 is 11.9 Å². The van der Waals surface area contributed by atoms with Gasteiger partial charge in [-0.3, -0.25) is 9.59 Å². The van der Waals surface area contributed by atoms with Gasteiger partial charge in [-0.05, 0) is 43.9 Å². The van der Waals surface area contributed by atoms with Crippen LogP contribution in [0, 0.1) is 17.8 Å². The van der Waals surface area contributed by atoms with Crippen molar-refractivity contribution in [1.29, 1.82) is 0 Å². The summed E-state index contributed by atoms with van der Waals surface area (Å²) in [4.78, 5) is 24.1. The first kappa shape index (κ1) is 48.3. The van der Waals surface area contributed by atoms with Crippen molar-refractivity contribution in [3.63, 3.8) is 0 Å². The summed E-state index contributed by atoms with van der Waals surface area (Å²) in [7, 11) is 0. The van der Waals surface area contributed by atoms with Crippen LogP contribution in [0.5, 0.6) is 0 Å². The number of allylic oxidation sites excluding steroid dienone is 2. The summed E-state index contributed by atoms with van der Waals surface area (Å²) in [5.41, 5.74) is 0. The van der Waals surface area contributed by atoms with Gasteiger partial charge in [-0.2, -0.15) is 0 Å². The highest BCUT2D eigenvalue weighted by Gasteiger charge is 2.39. The molecule has 0 aromatic heterocycles. The number of rotatable bonds is 34. The minimum absolute atomic E-state index is 0.116. The fraction of sp³-hybridized carbons (Fsp3) is 0.864. The van der Waals surface area contributed by atoms with Crippen LogP contribution in [0.2, 0.25) is 0 Å². The van der Waals surface area contributed by atoms with Crippen LogP contribution in [-0.4, -0.2) is 70.0 Å². The molecule has 8 nitrogen and oxygen atoms in total. The highest BCUT2D eigenvalue weighted by atomic mass is 16.6. The third kappa shape index (κ3) is 26.9. The second-order valence-corrected chi connectivity index (χ2v) is 15.9. The molecule has 1 aliphatic rings. The summed E-state index contributed by atoms with van der Waals surface area (Å²) in [6, 6.07) is 0. The number of hydrogen-bond donors (Lipinski definition) is 4. The van der Waals surface area contributed by atoms with Gasteiger partial charge in [0, 0.05) is 25.2 Å². The number of aliphatic hydroxyl groups is 4. The fourth-order valence-electron chi connectivity index (χ4n) is 7.09. The molecular formula is C44H80O8. The van der Waals surface area contributed by atoms with Crippen molar-refractivity contribution in [1.82, 2.24) is 0 Å². The molecule has 8 heteroatoms. The molecule has 0 radical (unpaired) electrons. The van der Waals surface area contributed by atoms with E-state index in [1.165, 1.54) is 83.5 Å². The Kier molecular flexibility index (Phi) is 30.3. The first-order valence-electron chi connectivity index (χ1n) is 21.5. The summed E-state index contributed by atoms with van der Waals surface area (Å²) in [6.07, 6.45) is 31.9. The average molecular weight is 737 g/mol. The largest absolute Gasteiger partial charge is 0.463 e. The summed E-state index contributed by atoms with van der Waals surface area (Å²) in [5, 5.41) is 41.1. The molecule has 0 unspecified atom stereocenters. The fourth-order valence-corrected chi connectivity index (χ4v) is 7.09. The summed E-state index contributed by atoms with van der Waals surface area (Å²) in [6.45, 7) is 6.36. The molecule has 0 aromatic carbocycles. The van der Waals surface area contributed by atoms with Crippen molar-refractivity contribution in [3.05, 3.63) is 24.3 Å². The van der Waals surface area contributed by atoms with E-state index in [0.717, 1.165) is 44.4 Å². The van der Waals surface area contributed by atoms with Gasteiger partial charge in [0.25, 0.3) is 0 Å².